The molecular weight excluding hydrogens is 286 g/mol. The summed E-state index contributed by atoms with van der Waals surface area (Å²) in [6.45, 7) is 0.729. The molecule has 1 aromatic carbocycles. The Morgan fingerprint density at radius 2 is 2.24 bits per heavy atom. The Morgan fingerprint density at radius 3 is 2.81 bits per heavy atom. The van der Waals surface area contributed by atoms with Crippen molar-refractivity contribution in [2.75, 3.05) is 13.1 Å². The van der Waals surface area contributed by atoms with E-state index in [0.717, 1.165) is 12.8 Å². The number of rotatable bonds is 4. The maximum atomic E-state index is 12.5. The summed E-state index contributed by atoms with van der Waals surface area (Å²) in [4.78, 5) is 14.3. The van der Waals surface area contributed by atoms with Gasteiger partial charge in [-0.15, -0.1) is 0 Å². The van der Waals surface area contributed by atoms with Crippen LogP contribution in [0, 0.1) is 23.2 Å². The minimum absolute atomic E-state index is 0.0759. The summed E-state index contributed by atoms with van der Waals surface area (Å²) >= 11 is 6.15. The minimum atomic E-state index is -0.0759. The van der Waals surface area contributed by atoms with Crippen molar-refractivity contribution < 1.29 is 4.79 Å². The molecule has 2 rings (SSSR count). The smallest absolute Gasteiger partial charge is 0.254 e. The van der Waals surface area contributed by atoms with Crippen LogP contribution in [-0.2, 0) is 0 Å². The van der Waals surface area contributed by atoms with E-state index in [1.165, 1.54) is 0 Å². The third-order valence-electron chi connectivity index (χ3n) is 3.25. The van der Waals surface area contributed by atoms with Crippen molar-refractivity contribution in [3.8, 4) is 17.9 Å². The summed E-state index contributed by atoms with van der Waals surface area (Å²) in [6.07, 6.45) is 2.35. The van der Waals surface area contributed by atoms with Crippen molar-refractivity contribution in [2.24, 2.45) is 5.73 Å². The molecule has 1 aliphatic rings. The lowest BCUT2D eigenvalue weighted by atomic mass is 10.1. The van der Waals surface area contributed by atoms with Crippen molar-refractivity contribution in [2.45, 2.75) is 25.3 Å². The van der Waals surface area contributed by atoms with E-state index < -0.39 is 0 Å². The lowest BCUT2D eigenvalue weighted by Gasteiger charge is -2.21. The summed E-state index contributed by atoms with van der Waals surface area (Å²) in [5, 5.41) is 9.14. The summed E-state index contributed by atoms with van der Waals surface area (Å²) in [5.41, 5.74) is 6.52. The summed E-state index contributed by atoms with van der Waals surface area (Å²) < 4.78 is 0. The molecule has 0 heterocycles. The van der Waals surface area contributed by atoms with Gasteiger partial charge in [0.2, 0.25) is 0 Å². The number of carbonyl (C=O) groups is 1. The quantitative estimate of drug-likeness (QED) is 0.866. The first-order valence-electron chi connectivity index (χ1n) is 6.83. The van der Waals surface area contributed by atoms with Gasteiger partial charge in [0.05, 0.1) is 24.1 Å². The molecule has 108 valence electrons. The van der Waals surface area contributed by atoms with Gasteiger partial charge in [-0.2, -0.15) is 5.26 Å². The highest BCUT2D eigenvalue weighted by Gasteiger charge is 2.32. The number of hydrogen-bond donors (Lipinski definition) is 1. The molecule has 1 aromatic rings. The number of nitrogens with two attached hydrogens (primary N) is 1. The average molecular weight is 302 g/mol. The maximum Gasteiger partial charge on any atom is 0.254 e. The number of hydrogen-bond acceptors (Lipinski definition) is 3. The lowest BCUT2D eigenvalue weighted by Crippen LogP contribution is -2.33. The molecule has 1 saturated carbocycles. The van der Waals surface area contributed by atoms with E-state index in [0.29, 0.717) is 29.1 Å². The predicted octanol–water partition coefficient (Wildman–Crippen LogP) is 2.17. The summed E-state index contributed by atoms with van der Waals surface area (Å²) in [7, 11) is 0. The SMILES string of the molecule is N#CCCN(C(=O)c1ccc(C#CCN)c(Cl)c1)C1CC1. The van der Waals surface area contributed by atoms with Crippen LogP contribution in [0.1, 0.15) is 35.2 Å². The molecule has 0 aromatic heterocycles. The van der Waals surface area contributed by atoms with Gasteiger partial charge in [0, 0.05) is 23.7 Å². The van der Waals surface area contributed by atoms with Gasteiger partial charge >= 0.3 is 0 Å². The Kier molecular flexibility index (Phi) is 5.22. The van der Waals surface area contributed by atoms with Crippen LogP contribution in [0.2, 0.25) is 5.02 Å². The largest absolute Gasteiger partial charge is 0.335 e. The first kappa shape index (κ1) is 15.4. The van der Waals surface area contributed by atoms with Gasteiger partial charge in [-0.05, 0) is 31.0 Å². The van der Waals surface area contributed by atoms with Gasteiger partial charge in [0.25, 0.3) is 5.91 Å². The average Bonchev–Trinajstić information content (AvgIpc) is 3.31. The Balaban J connectivity index is 2.18. The predicted molar refractivity (Wildman–Crippen MR) is 81.7 cm³/mol. The molecule has 0 atom stereocenters. The second kappa shape index (κ2) is 7.13. The van der Waals surface area contributed by atoms with Gasteiger partial charge in [-0.25, -0.2) is 0 Å². The van der Waals surface area contributed by atoms with E-state index in [9.17, 15) is 4.79 Å². The van der Waals surface area contributed by atoms with Crippen molar-refractivity contribution in [3.63, 3.8) is 0 Å². The molecule has 0 radical (unpaired) electrons. The molecule has 1 aliphatic carbocycles. The number of benzene rings is 1. The van der Waals surface area contributed by atoms with Crippen LogP contribution in [-0.4, -0.2) is 29.9 Å². The van der Waals surface area contributed by atoms with Gasteiger partial charge < -0.3 is 10.6 Å². The lowest BCUT2D eigenvalue weighted by molar-refractivity contribution is 0.0747. The van der Waals surface area contributed by atoms with Gasteiger partial charge in [-0.1, -0.05) is 23.4 Å². The topological polar surface area (TPSA) is 70.1 Å². The van der Waals surface area contributed by atoms with E-state index in [2.05, 4.69) is 17.9 Å². The van der Waals surface area contributed by atoms with Crippen LogP contribution >= 0.6 is 11.6 Å². The Hall–Kier alpha value is -2.01. The van der Waals surface area contributed by atoms with Crippen molar-refractivity contribution in [3.05, 3.63) is 34.3 Å². The minimum Gasteiger partial charge on any atom is -0.335 e. The first-order valence-corrected chi connectivity index (χ1v) is 7.21. The number of nitriles is 1. The maximum absolute atomic E-state index is 12.5. The summed E-state index contributed by atoms with van der Waals surface area (Å²) in [6, 6.07) is 7.43. The number of nitrogens with zero attached hydrogens (tertiary/aromatic N) is 2. The zero-order chi connectivity index (χ0) is 15.2. The fraction of sp³-hybridized carbons (Fsp3) is 0.375. The third kappa shape index (κ3) is 3.98. The Labute approximate surface area is 129 Å². The fourth-order valence-corrected chi connectivity index (χ4v) is 2.30. The monoisotopic (exact) mass is 301 g/mol. The molecule has 0 saturated heterocycles. The van der Waals surface area contributed by atoms with Crippen LogP contribution in [0.3, 0.4) is 0 Å². The molecule has 0 spiro atoms. The van der Waals surface area contributed by atoms with Crippen LogP contribution in [0.15, 0.2) is 18.2 Å². The van der Waals surface area contributed by atoms with Gasteiger partial charge in [0.15, 0.2) is 0 Å². The zero-order valence-corrected chi connectivity index (χ0v) is 12.4. The van der Waals surface area contributed by atoms with Crippen LogP contribution in [0.4, 0.5) is 0 Å². The molecule has 1 fully saturated rings. The van der Waals surface area contributed by atoms with Gasteiger partial charge in [-0.3, -0.25) is 4.79 Å². The molecule has 2 N–H and O–H groups in total. The molecule has 1 amide bonds. The normalized spacial score (nSPS) is 13.0. The molecule has 0 unspecified atom stereocenters. The second-order valence-corrected chi connectivity index (χ2v) is 5.25. The third-order valence-corrected chi connectivity index (χ3v) is 3.57. The van der Waals surface area contributed by atoms with Crippen LogP contribution in [0.5, 0.6) is 0 Å². The van der Waals surface area contributed by atoms with E-state index in [1.54, 1.807) is 23.1 Å². The highest BCUT2D eigenvalue weighted by atomic mass is 35.5. The molecule has 5 heteroatoms. The van der Waals surface area contributed by atoms with Gasteiger partial charge in [0.1, 0.15) is 0 Å². The van der Waals surface area contributed by atoms with Crippen LogP contribution < -0.4 is 5.73 Å². The van der Waals surface area contributed by atoms with E-state index in [-0.39, 0.29) is 18.5 Å². The molecule has 21 heavy (non-hydrogen) atoms. The van der Waals surface area contributed by atoms with E-state index >= 15 is 0 Å². The van der Waals surface area contributed by atoms with Crippen molar-refractivity contribution in [1.82, 2.24) is 4.90 Å². The highest BCUT2D eigenvalue weighted by Crippen LogP contribution is 2.29. The van der Waals surface area contributed by atoms with E-state index in [1.807, 2.05) is 0 Å². The molecule has 0 aliphatic heterocycles. The van der Waals surface area contributed by atoms with Crippen LogP contribution in [0.25, 0.3) is 0 Å². The molecule has 4 nitrogen and oxygen atoms in total. The molecule has 0 bridgehead atoms. The van der Waals surface area contributed by atoms with E-state index in [4.69, 9.17) is 22.6 Å². The first-order chi connectivity index (χ1) is 10.2. The number of halogens is 1. The molecular formula is C16H16ClN3O. The fourth-order valence-electron chi connectivity index (χ4n) is 2.07. The Morgan fingerprint density at radius 1 is 1.48 bits per heavy atom. The van der Waals surface area contributed by atoms with Crippen molar-refractivity contribution in [1.29, 1.82) is 5.26 Å². The standard InChI is InChI=1S/C16H16ClN3O/c17-15-11-13(5-4-12(15)3-1-8-18)16(21)20(10-2-9-19)14-6-7-14/h4-5,11,14H,2,6-8,10,18H2. The highest BCUT2D eigenvalue weighted by molar-refractivity contribution is 6.32. The van der Waals surface area contributed by atoms with Crippen molar-refractivity contribution >= 4 is 17.5 Å². The number of carbonyl (C=O) groups excluding carboxylic acids is 1. The summed E-state index contributed by atoms with van der Waals surface area (Å²) in [5.74, 6) is 5.52. The number of amides is 1. The second-order valence-electron chi connectivity index (χ2n) is 4.84. The Bertz CT molecular complexity index is 635. The zero-order valence-electron chi connectivity index (χ0n) is 11.6.